The van der Waals surface area contributed by atoms with E-state index in [2.05, 4.69) is 26.6 Å². The Morgan fingerprint density at radius 1 is 0.818 bits per heavy atom. The SMILES string of the molecule is C[C@](O)(CBr)C(=O)Nc1ccc([N+](=O)[O-])c(C(F)(F)F)c1.C[C@](O)(C[125I])C(=O)Nc1ccc([N+](=O)[O-])c(C(F)(F)F)c1.[125I-].[Na+]. The number of alkyl halides is 8. The van der Waals surface area contributed by atoms with Gasteiger partial charge in [-0.1, -0.05) is 38.5 Å². The van der Waals surface area contributed by atoms with Gasteiger partial charge in [0, 0.05) is 33.3 Å². The van der Waals surface area contributed by atoms with Crippen molar-refractivity contribution in [3.8, 4) is 0 Å². The van der Waals surface area contributed by atoms with Crippen LogP contribution in [0.15, 0.2) is 36.4 Å². The van der Waals surface area contributed by atoms with Crippen LogP contribution in [0.2, 0.25) is 0 Å². The van der Waals surface area contributed by atoms with Crippen LogP contribution in [0.5, 0.6) is 0 Å². The first kappa shape index (κ1) is 44.7. The van der Waals surface area contributed by atoms with Crippen molar-refractivity contribution in [3.05, 3.63) is 67.8 Å². The van der Waals surface area contributed by atoms with Crippen LogP contribution in [0.4, 0.5) is 49.1 Å². The predicted octanol–water partition coefficient (Wildman–Crippen LogP) is -0.556. The van der Waals surface area contributed by atoms with Crippen molar-refractivity contribution in [1.29, 1.82) is 0 Å². The quantitative estimate of drug-likeness (QED) is 0.0679. The molecular weight excluding hydrogens is 915 g/mol. The number of amides is 2. The van der Waals surface area contributed by atoms with Crippen LogP contribution in [0.3, 0.4) is 0 Å². The van der Waals surface area contributed by atoms with E-state index in [0.717, 1.165) is 19.1 Å². The maximum atomic E-state index is 12.8. The number of carbonyl (C=O) groups excluding carboxylic acids is 2. The molecule has 0 bridgehead atoms. The summed E-state index contributed by atoms with van der Waals surface area (Å²) >= 11 is 4.62. The molecule has 0 saturated carbocycles. The summed E-state index contributed by atoms with van der Waals surface area (Å²) in [6.45, 7) is 2.36. The van der Waals surface area contributed by atoms with Crippen LogP contribution in [0.1, 0.15) is 25.0 Å². The Hall–Kier alpha value is -1.38. The standard InChI is InChI=1S/C11H10BrF3N2O4.C11H10F3IN2O4.HI.Na/c1-10(19,5-12)9(18)16-6-2-3-8(17(20)21)7(4-6)11(13,14)15;1-10(19,5-15)9(18)16-6-2-3-8(17(20)21)7(4-6)11(12,13)14;;/h2*2-4,19H,5H2,1H3,(H,16,18);1H;/q;;;+1/p-1/t2*10-;;/m00../s1/i;15-2;1-2;. The summed E-state index contributed by atoms with van der Waals surface area (Å²) in [5.74, 6) is -1.85. The number of nitro benzene ring substituents is 2. The van der Waals surface area contributed by atoms with Gasteiger partial charge in [-0.3, -0.25) is 29.8 Å². The van der Waals surface area contributed by atoms with E-state index in [1.54, 1.807) is 22.6 Å². The molecule has 2 rings (SSSR count). The summed E-state index contributed by atoms with van der Waals surface area (Å²) in [5, 5.41) is 44.5. The van der Waals surface area contributed by atoms with Crippen molar-refractivity contribution in [1.82, 2.24) is 0 Å². The fraction of sp³-hybridized carbons (Fsp3) is 0.364. The molecule has 240 valence electrons. The molecule has 2 aromatic carbocycles. The predicted molar refractivity (Wildman–Crippen MR) is 147 cm³/mol. The van der Waals surface area contributed by atoms with Crippen LogP contribution in [-0.2, 0) is 21.9 Å². The monoisotopic (exact) mass is 934 g/mol. The number of hydrogen-bond acceptors (Lipinski definition) is 8. The molecule has 0 spiro atoms. The van der Waals surface area contributed by atoms with Crippen molar-refractivity contribution in [2.24, 2.45) is 0 Å². The number of carbonyl (C=O) groups is 2. The largest absolute Gasteiger partial charge is 1.00 e. The molecule has 0 fully saturated rings. The summed E-state index contributed by atoms with van der Waals surface area (Å²) < 4.78 is 76.6. The third-order valence-electron chi connectivity index (χ3n) is 5.01. The minimum absolute atomic E-state index is 0. The van der Waals surface area contributed by atoms with E-state index in [0.29, 0.717) is 24.3 Å². The number of nitrogens with one attached hydrogen (secondary N) is 2. The smallest absolute Gasteiger partial charge is 1.00 e. The van der Waals surface area contributed by atoms with Crippen LogP contribution < -0.4 is 64.2 Å². The Morgan fingerprint density at radius 3 is 1.39 bits per heavy atom. The Balaban J connectivity index is 0. The topological polar surface area (TPSA) is 185 Å². The van der Waals surface area contributed by atoms with Crippen LogP contribution in [0.25, 0.3) is 0 Å². The zero-order valence-corrected chi connectivity index (χ0v) is 30.4. The minimum Gasteiger partial charge on any atom is -1.00 e. The second-order valence-electron chi connectivity index (χ2n) is 8.70. The van der Waals surface area contributed by atoms with E-state index >= 15 is 0 Å². The molecule has 2 atom stereocenters. The number of nitro groups is 2. The third-order valence-corrected chi connectivity index (χ3v) is 7.59. The van der Waals surface area contributed by atoms with Gasteiger partial charge in [0.05, 0.1) is 9.85 Å². The molecule has 0 aliphatic carbocycles. The minimum atomic E-state index is -4.94. The van der Waals surface area contributed by atoms with E-state index in [4.69, 9.17) is 0 Å². The Labute approximate surface area is 305 Å². The molecule has 0 aromatic heterocycles. The molecule has 0 radical (unpaired) electrons. The molecule has 0 aliphatic heterocycles. The Bertz CT molecular complexity index is 1270. The average molecular weight is 935 g/mol. The molecule has 22 heteroatoms. The maximum absolute atomic E-state index is 12.8. The van der Waals surface area contributed by atoms with E-state index in [1.807, 2.05) is 0 Å². The molecule has 0 heterocycles. The van der Waals surface area contributed by atoms with Gasteiger partial charge in [-0.25, -0.2) is 0 Å². The molecule has 0 unspecified atom stereocenters. The van der Waals surface area contributed by atoms with Crippen molar-refractivity contribution in [2.75, 3.05) is 20.4 Å². The average Bonchev–Trinajstić information content (AvgIpc) is 2.87. The van der Waals surface area contributed by atoms with Crippen molar-refractivity contribution in [2.45, 2.75) is 37.4 Å². The van der Waals surface area contributed by atoms with Gasteiger partial charge in [-0.2, -0.15) is 26.3 Å². The van der Waals surface area contributed by atoms with E-state index in [-0.39, 0.29) is 74.7 Å². The van der Waals surface area contributed by atoms with Gasteiger partial charge in [0.1, 0.15) is 22.3 Å². The van der Waals surface area contributed by atoms with Crippen molar-refractivity contribution in [3.63, 3.8) is 0 Å². The zero-order valence-electron chi connectivity index (χ0n) is 22.5. The molecular formula is C22H20BrF6I2N4NaO8. The number of halogens is 9. The number of nitrogens with zero attached hydrogens (tertiary/aromatic N) is 2. The number of hydrogen-bond donors (Lipinski definition) is 4. The normalized spacial score (nSPS) is 13.7. The Morgan fingerprint density at radius 2 is 1.14 bits per heavy atom. The molecule has 2 amide bonds. The van der Waals surface area contributed by atoms with Gasteiger partial charge in [0.2, 0.25) is 0 Å². The summed E-state index contributed by atoms with van der Waals surface area (Å²) in [4.78, 5) is 42.1. The van der Waals surface area contributed by atoms with E-state index in [1.165, 1.54) is 6.92 Å². The van der Waals surface area contributed by atoms with Gasteiger partial charge in [0.15, 0.2) is 0 Å². The zero-order chi connectivity index (χ0) is 32.8. The van der Waals surface area contributed by atoms with Crippen LogP contribution in [0, 0.1) is 20.2 Å². The third kappa shape index (κ3) is 12.8. The summed E-state index contributed by atoms with van der Waals surface area (Å²) in [7, 11) is 0. The second kappa shape index (κ2) is 17.5. The number of rotatable bonds is 8. The van der Waals surface area contributed by atoms with Crippen molar-refractivity contribution < 1.29 is 110 Å². The van der Waals surface area contributed by atoms with Gasteiger partial charge in [0.25, 0.3) is 23.2 Å². The molecule has 0 saturated heterocycles. The molecule has 44 heavy (non-hydrogen) atoms. The van der Waals surface area contributed by atoms with Crippen LogP contribution in [-0.4, -0.2) is 52.8 Å². The first-order valence-corrected chi connectivity index (χ1v) is 13.5. The van der Waals surface area contributed by atoms with Gasteiger partial charge in [-0.15, -0.1) is 0 Å². The summed E-state index contributed by atoms with van der Waals surface area (Å²) in [5.41, 5.74) is -9.37. The Kier molecular flexibility index (Phi) is 17.8. The summed E-state index contributed by atoms with van der Waals surface area (Å²) in [6.07, 6.45) is -9.88. The second-order valence-corrected chi connectivity index (χ2v) is 10.0. The first-order chi connectivity index (χ1) is 19.0. The van der Waals surface area contributed by atoms with E-state index < -0.39 is 67.7 Å². The van der Waals surface area contributed by atoms with Gasteiger partial charge < -0.3 is 44.8 Å². The molecule has 12 nitrogen and oxygen atoms in total. The molecule has 2 aromatic rings. The maximum Gasteiger partial charge on any atom is 1.00 e. The molecule has 0 aliphatic rings. The van der Waals surface area contributed by atoms with Gasteiger partial charge >= 0.3 is 41.9 Å². The van der Waals surface area contributed by atoms with E-state index in [9.17, 15) is 66.4 Å². The summed E-state index contributed by atoms with van der Waals surface area (Å²) in [6, 6.07) is 4.11. The first-order valence-electron chi connectivity index (χ1n) is 10.9. The fourth-order valence-electron chi connectivity index (χ4n) is 2.65. The number of aliphatic hydroxyl groups is 2. The molecule has 4 N–H and O–H groups in total. The number of benzene rings is 2. The fourth-order valence-corrected chi connectivity index (χ4v) is 3.25. The van der Waals surface area contributed by atoms with Crippen molar-refractivity contribution >= 4 is 73.1 Å². The van der Waals surface area contributed by atoms with Crippen LogP contribution >= 0.6 is 38.5 Å². The van der Waals surface area contributed by atoms with Gasteiger partial charge in [-0.05, 0) is 38.1 Å². The number of anilines is 2.